The van der Waals surface area contributed by atoms with Crippen LogP contribution in [-0.2, 0) is 9.53 Å². The molecule has 166 valence electrons. The number of carbonyl (C=O) groups is 2. The number of nitrogens with one attached hydrogen (secondary N) is 1. The quantitative estimate of drug-likeness (QED) is 0.594. The lowest BCUT2D eigenvalue weighted by Crippen LogP contribution is -2.51. The van der Waals surface area contributed by atoms with E-state index in [4.69, 9.17) is 26.2 Å². The highest BCUT2D eigenvalue weighted by Crippen LogP contribution is 2.46. The predicted molar refractivity (Wildman–Crippen MR) is 115 cm³/mol. The molecule has 1 fully saturated rings. The van der Waals surface area contributed by atoms with Crippen molar-refractivity contribution in [3.05, 3.63) is 64.2 Å². The second kappa shape index (κ2) is 9.68. The topological polar surface area (TPSA) is 105 Å². The summed E-state index contributed by atoms with van der Waals surface area (Å²) in [7, 11) is 1.51. The smallest absolute Gasteiger partial charge is 0.335 e. The number of carboxylic acid groups (broad SMARTS) is 1. The van der Waals surface area contributed by atoms with E-state index in [1.165, 1.54) is 13.2 Å². The van der Waals surface area contributed by atoms with E-state index in [0.717, 1.165) is 5.56 Å². The summed E-state index contributed by atoms with van der Waals surface area (Å²) in [4.78, 5) is 23.8. The Morgan fingerprint density at radius 1 is 1.19 bits per heavy atom. The number of carboxylic acids is 1. The van der Waals surface area contributed by atoms with E-state index >= 15 is 0 Å². The van der Waals surface area contributed by atoms with Gasteiger partial charge < -0.3 is 25.0 Å². The minimum Gasteiger partial charge on any atom is -0.496 e. The maximum Gasteiger partial charge on any atom is 0.335 e. The van der Waals surface area contributed by atoms with Crippen molar-refractivity contribution in [1.29, 1.82) is 0 Å². The van der Waals surface area contributed by atoms with Gasteiger partial charge in [0, 0.05) is 35.4 Å². The van der Waals surface area contributed by atoms with Gasteiger partial charge in [-0.2, -0.15) is 0 Å². The highest BCUT2D eigenvalue weighted by Gasteiger charge is 2.41. The van der Waals surface area contributed by atoms with Gasteiger partial charge in [-0.25, -0.2) is 4.79 Å². The Morgan fingerprint density at radius 2 is 1.87 bits per heavy atom. The van der Waals surface area contributed by atoms with Gasteiger partial charge in [-0.05, 0) is 42.8 Å². The van der Waals surface area contributed by atoms with Gasteiger partial charge in [-0.3, -0.25) is 4.79 Å². The zero-order valence-corrected chi connectivity index (χ0v) is 18.2. The van der Waals surface area contributed by atoms with Crippen molar-refractivity contribution < 1.29 is 29.3 Å². The van der Waals surface area contributed by atoms with Gasteiger partial charge in [-0.1, -0.05) is 23.7 Å². The van der Waals surface area contributed by atoms with E-state index < -0.39 is 17.6 Å². The summed E-state index contributed by atoms with van der Waals surface area (Å²) in [6, 6.07) is 11.9. The van der Waals surface area contributed by atoms with Crippen molar-refractivity contribution in [3.8, 4) is 5.75 Å². The molecule has 3 N–H and O–H groups in total. The summed E-state index contributed by atoms with van der Waals surface area (Å²) in [6.45, 7) is 1.69. The molecule has 31 heavy (non-hydrogen) atoms. The molecule has 0 saturated carbocycles. The monoisotopic (exact) mass is 447 g/mol. The van der Waals surface area contributed by atoms with Crippen LogP contribution in [0.5, 0.6) is 5.75 Å². The molecule has 8 heteroatoms. The molecule has 1 aliphatic heterocycles. The highest BCUT2D eigenvalue weighted by molar-refractivity contribution is 6.30. The Kier molecular flexibility index (Phi) is 7.20. The number of benzene rings is 2. The molecule has 1 aliphatic rings. The largest absolute Gasteiger partial charge is 0.496 e. The van der Waals surface area contributed by atoms with Gasteiger partial charge in [0.1, 0.15) is 5.75 Å². The molecule has 7 nitrogen and oxygen atoms in total. The summed E-state index contributed by atoms with van der Waals surface area (Å²) in [5.41, 5.74) is 0.969. The standard InChI is InChI=1S/C23H26ClNO6/c1-23(25-21(27)9-10-26)12-19(14-3-6-16(24)7-4-14)31-20(13-23)17-11-15(22(28)29)5-8-18(17)30-2/h3-8,11,19-20,26H,9-10,12-13H2,1-2H3,(H,25,27)(H,28,29)/t19-,20+,23-/m0/s1. The molecule has 0 bridgehead atoms. The van der Waals surface area contributed by atoms with E-state index in [1.54, 1.807) is 24.3 Å². The number of amides is 1. The summed E-state index contributed by atoms with van der Waals surface area (Å²) >= 11 is 6.03. The van der Waals surface area contributed by atoms with E-state index in [2.05, 4.69) is 5.32 Å². The molecule has 2 aromatic carbocycles. The summed E-state index contributed by atoms with van der Waals surface area (Å²) in [5.74, 6) is -0.796. The first kappa shape index (κ1) is 23.1. The van der Waals surface area contributed by atoms with E-state index in [1.807, 2.05) is 19.1 Å². The summed E-state index contributed by atoms with van der Waals surface area (Å²) in [5, 5.41) is 22.2. The first-order valence-electron chi connectivity index (χ1n) is 9.98. The molecule has 3 rings (SSSR count). The predicted octanol–water partition coefficient (Wildman–Crippen LogP) is 3.90. The van der Waals surface area contributed by atoms with Gasteiger partial charge in [-0.15, -0.1) is 0 Å². The van der Waals surface area contributed by atoms with Crippen LogP contribution < -0.4 is 10.1 Å². The Morgan fingerprint density at radius 3 is 2.48 bits per heavy atom. The Bertz CT molecular complexity index is 948. The maximum atomic E-state index is 12.3. The molecule has 0 spiro atoms. The average molecular weight is 448 g/mol. The number of aliphatic hydroxyl groups excluding tert-OH is 1. The van der Waals surface area contributed by atoms with Gasteiger partial charge in [0.15, 0.2) is 0 Å². The van der Waals surface area contributed by atoms with E-state index in [-0.39, 0.29) is 30.6 Å². The van der Waals surface area contributed by atoms with Crippen molar-refractivity contribution in [2.75, 3.05) is 13.7 Å². The molecule has 0 unspecified atom stereocenters. The van der Waals surface area contributed by atoms with Crippen LogP contribution in [0.4, 0.5) is 0 Å². The number of methoxy groups -OCH3 is 1. The number of aromatic carboxylic acids is 1. The molecular weight excluding hydrogens is 422 g/mol. The number of ether oxygens (including phenoxy) is 2. The van der Waals surface area contributed by atoms with Gasteiger partial charge >= 0.3 is 5.97 Å². The normalized spacial score (nSPS) is 23.2. The molecule has 0 radical (unpaired) electrons. The van der Waals surface area contributed by atoms with Crippen LogP contribution >= 0.6 is 11.6 Å². The lowest BCUT2D eigenvalue weighted by atomic mass is 9.81. The Hall–Kier alpha value is -2.61. The maximum absolute atomic E-state index is 12.3. The number of rotatable bonds is 7. The third kappa shape index (κ3) is 5.55. The molecule has 2 aromatic rings. The van der Waals surface area contributed by atoms with Crippen LogP contribution in [-0.4, -0.2) is 41.3 Å². The van der Waals surface area contributed by atoms with Crippen LogP contribution in [0.3, 0.4) is 0 Å². The Balaban J connectivity index is 2.00. The molecule has 3 atom stereocenters. The fraction of sp³-hybridized carbons (Fsp3) is 0.391. The molecule has 0 aromatic heterocycles. The van der Waals surface area contributed by atoms with Gasteiger partial charge in [0.25, 0.3) is 0 Å². The van der Waals surface area contributed by atoms with Crippen LogP contribution in [0, 0.1) is 0 Å². The van der Waals surface area contributed by atoms with Gasteiger partial charge in [0.05, 0.1) is 31.5 Å². The molecule has 1 saturated heterocycles. The number of halogens is 1. The zero-order valence-electron chi connectivity index (χ0n) is 17.4. The lowest BCUT2D eigenvalue weighted by Gasteiger charge is -2.43. The first-order chi connectivity index (χ1) is 14.7. The third-order valence-corrected chi connectivity index (χ3v) is 5.70. The minimum absolute atomic E-state index is 0.00451. The summed E-state index contributed by atoms with van der Waals surface area (Å²) in [6.07, 6.45) is 0.0262. The highest BCUT2D eigenvalue weighted by atomic mass is 35.5. The molecule has 0 aliphatic carbocycles. The van der Waals surface area contributed by atoms with Crippen molar-refractivity contribution in [3.63, 3.8) is 0 Å². The fourth-order valence-electron chi connectivity index (χ4n) is 3.98. The minimum atomic E-state index is -1.05. The summed E-state index contributed by atoms with van der Waals surface area (Å²) < 4.78 is 11.9. The van der Waals surface area contributed by atoms with Crippen LogP contribution in [0.15, 0.2) is 42.5 Å². The number of hydrogen-bond acceptors (Lipinski definition) is 5. The lowest BCUT2D eigenvalue weighted by molar-refractivity contribution is -0.129. The van der Waals surface area contributed by atoms with Crippen molar-refractivity contribution in [2.24, 2.45) is 0 Å². The molecular formula is C23H26ClNO6. The van der Waals surface area contributed by atoms with Crippen LogP contribution in [0.2, 0.25) is 5.02 Å². The number of aliphatic hydroxyl groups is 1. The third-order valence-electron chi connectivity index (χ3n) is 5.45. The van der Waals surface area contributed by atoms with Crippen molar-refractivity contribution in [2.45, 2.75) is 43.9 Å². The average Bonchev–Trinajstić information content (AvgIpc) is 2.73. The number of hydrogen-bond donors (Lipinski definition) is 3. The van der Waals surface area contributed by atoms with E-state index in [0.29, 0.717) is 29.2 Å². The zero-order chi connectivity index (χ0) is 22.6. The second-order valence-electron chi connectivity index (χ2n) is 7.92. The van der Waals surface area contributed by atoms with Gasteiger partial charge in [0.2, 0.25) is 5.91 Å². The van der Waals surface area contributed by atoms with Crippen LogP contribution in [0.1, 0.15) is 59.9 Å². The van der Waals surface area contributed by atoms with Crippen molar-refractivity contribution >= 4 is 23.5 Å². The second-order valence-corrected chi connectivity index (χ2v) is 8.35. The first-order valence-corrected chi connectivity index (χ1v) is 10.4. The fourth-order valence-corrected chi connectivity index (χ4v) is 4.10. The van der Waals surface area contributed by atoms with E-state index in [9.17, 15) is 14.7 Å². The Labute approximate surface area is 185 Å². The van der Waals surface area contributed by atoms with Crippen molar-refractivity contribution in [1.82, 2.24) is 5.32 Å². The molecule has 1 amide bonds. The number of carbonyl (C=O) groups excluding carboxylic acids is 1. The SMILES string of the molecule is COc1ccc(C(=O)O)cc1[C@H]1C[C@@](C)(NC(=O)CCO)C[C@@H](c2ccc(Cl)cc2)O1. The van der Waals surface area contributed by atoms with Crippen LogP contribution in [0.25, 0.3) is 0 Å². The molecule has 1 heterocycles.